The molecule has 0 aromatic heterocycles. The quantitative estimate of drug-likeness (QED) is 0.648. The summed E-state index contributed by atoms with van der Waals surface area (Å²) in [5, 5.41) is 22.9. The minimum absolute atomic E-state index is 0.101. The largest absolute Gasteiger partial charge is 0.508 e. The Morgan fingerprint density at radius 2 is 2.37 bits per heavy atom. The lowest BCUT2D eigenvalue weighted by atomic mass is 10.1. The second-order valence-corrected chi connectivity index (χ2v) is 5.55. The summed E-state index contributed by atoms with van der Waals surface area (Å²) >= 11 is 1.84. The SMILES string of the molecule is O=C(NCC1CCSC1)c1cc(O)ccc1[N+](=O)[O-]. The molecule has 1 aliphatic rings. The lowest BCUT2D eigenvalue weighted by Gasteiger charge is -2.10. The van der Waals surface area contributed by atoms with Crippen molar-refractivity contribution in [2.75, 3.05) is 18.1 Å². The zero-order valence-corrected chi connectivity index (χ0v) is 11.0. The summed E-state index contributed by atoms with van der Waals surface area (Å²) in [6.45, 7) is 0.513. The van der Waals surface area contributed by atoms with Crippen LogP contribution in [0.25, 0.3) is 0 Å². The van der Waals surface area contributed by atoms with Gasteiger partial charge in [0.1, 0.15) is 11.3 Å². The molecule has 1 heterocycles. The molecular weight excluding hydrogens is 268 g/mol. The van der Waals surface area contributed by atoms with E-state index in [1.54, 1.807) is 0 Å². The zero-order chi connectivity index (χ0) is 13.8. The first-order chi connectivity index (χ1) is 9.08. The molecule has 1 saturated heterocycles. The smallest absolute Gasteiger partial charge is 0.282 e. The fourth-order valence-electron chi connectivity index (χ4n) is 1.94. The Bertz CT molecular complexity index is 501. The molecule has 0 spiro atoms. The van der Waals surface area contributed by atoms with Crippen molar-refractivity contribution in [3.8, 4) is 5.75 Å². The van der Waals surface area contributed by atoms with Crippen LogP contribution in [0.15, 0.2) is 18.2 Å². The highest BCUT2D eigenvalue weighted by molar-refractivity contribution is 7.99. The number of thioether (sulfide) groups is 1. The van der Waals surface area contributed by atoms with E-state index in [1.807, 2.05) is 11.8 Å². The van der Waals surface area contributed by atoms with Gasteiger partial charge in [-0.05, 0) is 36.0 Å². The summed E-state index contributed by atoms with van der Waals surface area (Å²) in [6, 6.07) is 3.45. The van der Waals surface area contributed by atoms with Crippen LogP contribution in [-0.4, -0.2) is 34.0 Å². The molecule has 1 aliphatic heterocycles. The number of phenols is 1. The first kappa shape index (κ1) is 13.7. The predicted octanol–water partition coefficient (Wildman–Crippen LogP) is 1.78. The summed E-state index contributed by atoms with van der Waals surface area (Å²) in [6.07, 6.45) is 1.05. The number of hydrogen-bond donors (Lipinski definition) is 2. The summed E-state index contributed by atoms with van der Waals surface area (Å²) in [5.41, 5.74) is -0.397. The molecule has 2 rings (SSSR count). The molecule has 1 aromatic rings. The van der Waals surface area contributed by atoms with Crippen molar-refractivity contribution in [2.45, 2.75) is 6.42 Å². The molecule has 0 saturated carbocycles. The third-order valence-electron chi connectivity index (χ3n) is 3.00. The molecule has 1 unspecified atom stereocenters. The van der Waals surface area contributed by atoms with Gasteiger partial charge in [-0.15, -0.1) is 0 Å². The van der Waals surface area contributed by atoms with Gasteiger partial charge in [-0.2, -0.15) is 11.8 Å². The number of phenolic OH excluding ortho intramolecular Hbond substituents is 1. The van der Waals surface area contributed by atoms with Crippen molar-refractivity contribution >= 4 is 23.4 Å². The monoisotopic (exact) mass is 282 g/mol. The highest BCUT2D eigenvalue weighted by Crippen LogP contribution is 2.25. The molecule has 0 aliphatic carbocycles. The van der Waals surface area contributed by atoms with Gasteiger partial charge in [0.25, 0.3) is 11.6 Å². The Kier molecular flexibility index (Phi) is 4.26. The van der Waals surface area contributed by atoms with Crippen LogP contribution in [0.3, 0.4) is 0 Å². The van der Waals surface area contributed by atoms with E-state index >= 15 is 0 Å². The Labute approximate surface area is 114 Å². The molecule has 1 fully saturated rings. The molecule has 2 N–H and O–H groups in total. The van der Waals surface area contributed by atoms with Gasteiger partial charge in [0, 0.05) is 12.6 Å². The van der Waals surface area contributed by atoms with Gasteiger partial charge in [-0.25, -0.2) is 0 Å². The van der Waals surface area contributed by atoms with E-state index in [4.69, 9.17) is 0 Å². The first-order valence-electron chi connectivity index (χ1n) is 5.91. The van der Waals surface area contributed by atoms with Gasteiger partial charge in [-0.1, -0.05) is 0 Å². The molecule has 19 heavy (non-hydrogen) atoms. The van der Waals surface area contributed by atoms with E-state index in [2.05, 4.69) is 5.32 Å². The minimum atomic E-state index is -0.625. The van der Waals surface area contributed by atoms with E-state index in [9.17, 15) is 20.0 Å². The van der Waals surface area contributed by atoms with Crippen LogP contribution in [0.5, 0.6) is 5.75 Å². The van der Waals surface area contributed by atoms with Crippen LogP contribution in [0, 0.1) is 16.0 Å². The molecule has 0 bridgehead atoms. The van der Waals surface area contributed by atoms with Gasteiger partial charge in [0.05, 0.1) is 4.92 Å². The third kappa shape index (κ3) is 3.37. The van der Waals surface area contributed by atoms with Gasteiger partial charge in [-0.3, -0.25) is 14.9 Å². The topological polar surface area (TPSA) is 92.5 Å². The van der Waals surface area contributed by atoms with Crippen molar-refractivity contribution in [1.82, 2.24) is 5.32 Å². The normalized spacial score (nSPS) is 18.2. The zero-order valence-electron chi connectivity index (χ0n) is 10.2. The number of carbonyl (C=O) groups excluding carboxylic acids is 1. The third-order valence-corrected chi connectivity index (χ3v) is 4.23. The van der Waals surface area contributed by atoms with Gasteiger partial charge in [0.2, 0.25) is 0 Å². The van der Waals surface area contributed by atoms with Crippen molar-refractivity contribution in [1.29, 1.82) is 0 Å². The average Bonchev–Trinajstić information content (AvgIpc) is 2.88. The molecule has 1 aromatic carbocycles. The minimum Gasteiger partial charge on any atom is -0.508 e. The molecule has 1 atom stereocenters. The maximum atomic E-state index is 11.9. The van der Waals surface area contributed by atoms with Gasteiger partial charge < -0.3 is 10.4 Å². The summed E-state index contributed by atoms with van der Waals surface area (Å²) in [7, 11) is 0. The molecule has 6 nitrogen and oxygen atoms in total. The number of hydrogen-bond acceptors (Lipinski definition) is 5. The predicted molar refractivity (Wildman–Crippen MR) is 72.5 cm³/mol. The summed E-state index contributed by atoms with van der Waals surface area (Å²) in [5.74, 6) is 1.84. The molecule has 1 amide bonds. The first-order valence-corrected chi connectivity index (χ1v) is 7.06. The number of benzene rings is 1. The van der Waals surface area contributed by atoms with E-state index in [-0.39, 0.29) is 17.0 Å². The number of nitrogens with zero attached hydrogens (tertiary/aromatic N) is 1. The highest BCUT2D eigenvalue weighted by atomic mass is 32.2. The maximum Gasteiger partial charge on any atom is 0.282 e. The summed E-state index contributed by atoms with van der Waals surface area (Å²) in [4.78, 5) is 22.2. The number of nitro benzene ring substituents is 1. The average molecular weight is 282 g/mol. The summed E-state index contributed by atoms with van der Waals surface area (Å²) < 4.78 is 0. The molecule has 0 radical (unpaired) electrons. The number of rotatable bonds is 4. The fraction of sp³-hybridized carbons (Fsp3) is 0.417. The second kappa shape index (κ2) is 5.92. The Morgan fingerprint density at radius 3 is 3.00 bits per heavy atom. The van der Waals surface area contributed by atoms with Crippen molar-refractivity contribution in [2.24, 2.45) is 5.92 Å². The van der Waals surface area contributed by atoms with Crippen molar-refractivity contribution < 1.29 is 14.8 Å². The number of carbonyl (C=O) groups is 1. The number of nitrogens with one attached hydrogen (secondary N) is 1. The van der Waals surface area contributed by atoms with E-state index in [1.165, 1.54) is 6.07 Å². The molecule has 7 heteroatoms. The van der Waals surface area contributed by atoms with E-state index in [0.717, 1.165) is 30.1 Å². The van der Waals surface area contributed by atoms with E-state index < -0.39 is 10.8 Å². The fourth-order valence-corrected chi connectivity index (χ4v) is 3.23. The lowest BCUT2D eigenvalue weighted by Crippen LogP contribution is -2.29. The standard InChI is InChI=1S/C12H14N2O4S/c15-9-1-2-11(14(17)18)10(5-9)12(16)13-6-8-3-4-19-7-8/h1-2,5,8,15H,3-4,6-7H2,(H,13,16). The maximum absolute atomic E-state index is 11.9. The van der Waals surface area contributed by atoms with Gasteiger partial charge in [0.15, 0.2) is 0 Å². The van der Waals surface area contributed by atoms with Crippen LogP contribution >= 0.6 is 11.8 Å². The second-order valence-electron chi connectivity index (χ2n) is 4.40. The van der Waals surface area contributed by atoms with Crippen molar-refractivity contribution in [3.63, 3.8) is 0 Å². The number of aromatic hydroxyl groups is 1. The number of nitro groups is 1. The van der Waals surface area contributed by atoms with Crippen LogP contribution in [0.4, 0.5) is 5.69 Å². The lowest BCUT2D eigenvalue weighted by molar-refractivity contribution is -0.385. The van der Waals surface area contributed by atoms with Crippen LogP contribution < -0.4 is 5.32 Å². The van der Waals surface area contributed by atoms with Crippen molar-refractivity contribution in [3.05, 3.63) is 33.9 Å². The Hall–Kier alpha value is -1.76. The van der Waals surface area contributed by atoms with Crippen LogP contribution in [-0.2, 0) is 0 Å². The Morgan fingerprint density at radius 1 is 1.58 bits per heavy atom. The molecule has 102 valence electrons. The number of amides is 1. The van der Waals surface area contributed by atoms with Crippen LogP contribution in [0.1, 0.15) is 16.8 Å². The molecular formula is C12H14N2O4S. The van der Waals surface area contributed by atoms with Crippen LogP contribution in [0.2, 0.25) is 0 Å². The highest BCUT2D eigenvalue weighted by Gasteiger charge is 2.22. The Balaban J connectivity index is 2.08. The van der Waals surface area contributed by atoms with E-state index in [0.29, 0.717) is 12.5 Å². The van der Waals surface area contributed by atoms with Gasteiger partial charge >= 0.3 is 0 Å².